The van der Waals surface area contributed by atoms with Gasteiger partial charge in [-0.05, 0) is 57.9 Å². The van der Waals surface area contributed by atoms with Crippen molar-refractivity contribution in [1.29, 1.82) is 0 Å². The molecule has 4 rings (SSSR count). The molecule has 392 valence electrons. The molecule has 0 saturated carbocycles. The molecule has 4 heterocycles. The Morgan fingerprint density at radius 1 is 0.736 bits per heavy atom. The van der Waals surface area contributed by atoms with E-state index in [0.717, 1.165) is 0 Å². The lowest BCUT2D eigenvalue weighted by molar-refractivity contribution is -0.157. The molecule has 19 heteroatoms. The minimum absolute atomic E-state index is 0.0915. The lowest BCUT2D eigenvalue weighted by atomic mass is 9.78. The average Bonchev–Trinajstić information content (AvgIpc) is 3.62. The lowest BCUT2D eigenvalue weighted by Gasteiger charge is -2.38. The highest BCUT2D eigenvalue weighted by atomic mass is 16.6. The normalized spacial score (nSPS) is 24.8. The molecule has 4 bridgehead atoms. The van der Waals surface area contributed by atoms with Gasteiger partial charge in [0.05, 0.1) is 18.8 Å². The number of hydrogen-bond donors (Lipinski definition) is 2. The number of esters is 4. The van der Waals surface area contributed by atoms with Crippen LogP contribution < -0.4 is 0 Å². The topological polar surface area (TPSA) is 263 Å². The minimum Gasteiger partial charge on any atom is -0.494 e. The Kier molecular flexibility index (Phi) is 22.6. The van der Waals surface area contributed by atoms with Crippen LogP contribution in [0.4, 0.5) is 0 Å². The van der Waals surface area contributed by atoms with E-state index in [2.05, 4.69) is 9.97 Å². The zero-order chi connectivity index (χ0) is 52.8. The van der Waals surface area contributed by atoms with Crippen LogP contribution in [0.1, 0.15) is 133 Å². The van der Waals surface area contributed by atoms with E-state index in [-0.39, 0.29) is 93.2 Å². The van der Waals surface area contributed by atoms with Crippen molar-refractivity contribution in [2.24, 2.45) is 10.8 Å². The van der Waals surface area contributed by atoms with Gasteiger partial charge in [0.1, 0.15) is 55.3 Å². The summed E-state index contributed by atoms with van der Waals surface area (Å²) < 4.78 is 52.5. The number of hydrogen-bond acceptors (Lipinski definition) is 17. The van der Waals surface area contributed by atoms with E-state index in [1.54, 1.807) is 103 Å². The molecule has 72 heavy (non-hydrogen) atoms. The molecule has 2 aliphatic rings. The Labute approximate surface area is 419 Å². The van der Waals surface area contributed by atoms with E-state index in [9.17, 15) is 28.8 Å². The molecule has 0 spiro atoms. The summed E-state index contributed by atoms with van der Waals surface area (Å²) in [5.74, 6) is -4.51. The van der Waals surface area contributed by atoms with Crippen LogP contribution in [0.25, 0.3) is 6.08 Å². The summed E-state index contributed by atoms with van der Waals surface area (Å²) in [6.45, 7) is 12.5. The molecule has 2 aromatic heterocycles. The number of fused-ring (bicyclic) bond motifs is 5. The van der Waals surface area contributed by atoms with Crippen LogP contribution in [0.15, 0.2) is 101 Å². The van der Waals surface area contributed by atoms with Crippen molar-refractivity contribution in [1.82, 2.24) is 9.97 Å². The van der Waals surface area contributed by atoms with E-state index in [1.165, 1.54) is 32.0 Å². The van der Waals surface area contributed by atoms with Crippen molar-refractivity contribution in [2.45, 2.75) is 155 Å². The fraction of sp³-hybridized carbons (Fsp3) is 0.509. The van der Waals surface area contributed by atoms with E-state index in [1.807, 2.05) is 18.2 Å². The number of aliphatic carboxylic acids is 2. The highest BCUT2D eigenvalue weighted by Crippen LogP contribution is 2.36. The highest BCUT2D eigenvalue weighted by molar-refractivity contribution is 5.87. The number of cyclic esters (lactones) is 2. The van der Waals surface area contributed by atoms with Crippen LogP contribution in [0.2, 0.25) is 0 Å². The molecule has 2 unspecified atom stereocenters. The molecule has 19 nitrogen and oxygen atoms in total. The Bertz CT molecular complexity index is 2350. The third-order valence-electron chi connectivity index (χ3n) is 11.8. The number of allylic oxidation sites excluding steroid dienone is 4. The molecule has 1 saturated heterocycles. The maximum Gasteiger partial charge on any atom is 0.360 e. The zero-order valence-electron chi connectivity index (χ0n) is 42.1. The maximum atomic E-state index is 13.8. The third kappa shape index (κ3) is 18.7. The smallest absolute Gasteiger partial charge is 0.360 e. The number of epoxide rings is 1. The number of aromatic nitrogens is 2. The van der Waals surface area contributed by atoms with Gasteiger partial charge in [0.25, 0.3) is 0 Å². The van der Waals surface area contributed by atoms with Gasteiger partial charge < -0.3 is 52.2 Å². The van der Waals surface area contributed by atoms with E-state index in [0.29, 0.717) is 0 Å². The summed E-state index contributed by atoms with van der Waals surface area (Å²) in [5.41, 5.74) is -2.23. The Hall–Kier alpha value is -6.86. The monoisotopic (exact) mass is 1000 g/mol. The van der Waals surface area contributed by atoms with E-state index < -0.39 is 83.3 Å². The van der Waals surface area contributed by atoms with Crippen molar-refractivity contribution < 1.29 is 81.0 Å². The summed E-state index contributed by atoms with van der Waals surface area (Å²) in [7, 11) is 1.51. The predicted octanol–water partition coefficient (Wildman–Crippen LogP) is 8.67. The van der Waals surface area contributed by atoms with Crippen molar-refractivity contribution in [2.75, 3.05) is 7.11 Å². The first-order valence-electron chi connectivity index (χ1n) is 23.9. The fourth-order valence-electron chi connectivity index (χ4n) is 7.32. The van der Waals surface area contributed by atoms with Gasteiger partial charge in [0.2, 0.25) is 5.89 Å². The van der Waals surface area contributed by atoms with Crippen LogP contribution in [0.3, 0.4) is 0 Å². The molecule has 1 fully saturated rings. The van der Waals surface area contributed by atoms with Gasteiger partial charge in [-0.15, -0.1) is 0 Å². The number of carboxylic acids is 2. The quantitative estimate of drug-likeness (QED) is 0.0649. The van der Waals surface area contributed by atoms with Crippen LogP contribution in [-0.2, 0) is 58.8 Å². The number of rotatable bonds is 17. The van der Waals surface area contributed by atoms with Crippen molar-refractivity contribution >= 4 is 41.9 Å². The molecule has 2 N–H and O–H groups in total. The lowest BCUT2D eigenvalue weighted by Crippen LogP contribution is -2.44. The fourth-order valence-corrected chi connectivity index (χ4v) is 7.32. The van der Waals surface area contributed by atoms with Gasteiger partial charge in [-0.3, -0.25) is 19.2 Å². The van der Waals surface area contributed by atoms with Crippen molar-refractivity contribution in [3.8, 4) is 0 Å². The number of carbonyl (C=O) groups excluding carboxylic acids is 4. The summed E-state index contributed by atoms with van der Waals surface area (Å²) in [6.07, 6.45) is 21.0. The van der Waals surface area contributed by atoms with Crippen LogP contribution >= 0.6 is 0 Å². The van der Waals surface area contributed by atoms with Gasteiger partial charge in [-0.2, -0.15) is 0 Å². The van der Waals surface area contributed by atoms with E-state index >= 15 is 0 Å². The average molecular weight is 1010 g/mol. The number of oxazole rings is 2. The van der Waals surface area contributed by atoms with Gasteiger partial charge in [-0.1, -0.05) is 76.3 Å². The summed E-state index contributed by atoms with van der Waals surface area (Å²) in [4.78, 5) is 84.0. The first-order valence-corrected chi connectivity index (χ1v) is 23.9. The van der Waals surface area contributed by atoms with Crippen LogP contribution in [-0.4, -0.2) is 112 Å². The van der Waals surface area contributed by atoms with Crippen LogP contribution in [0.5, 0.6) is 0 Å². The zero-order valence-corrected chi connectivity index (χ0v) is 42.1. The SMILES string of the molecule is C/C=C/[C@H](OC(=O)CCCC(=O)O)C(C)(C)[C@@H]1C/C=C\C2OC2/C=C/[C@H](OC)Cc2nc(co2)C(=O)O[C@H](C(C)(C)[C@H](/C=C/C)OC(=O)CCCC(=O)O)C/C=C\[C@H](C)O/C=C/C=C\c2nc(co2)C(=O)O1. The largest absolute Gasteiger partial charge is 0.494 e. The van der Waals surface area contributed by atoms with Gasteiger partial charge in [0.15, 0.2) is 17.3 Å². The number of carbonyl (C=O) groups is 6. The standard InChI is InChI=1S/C53H68N2O17/c1-9-17-40(69-48(60)26-15-24-46(56)57)52(4,5)42-21-13-19-34(3)65-30-12-11-23-44-54-36(32-66-44)50(62)72-43(53(6,7)41(18-10-2)70-49(61)27-16-25-47(58)59)22-14-20-38-39(68-38)29-28-35(64-8)31-45-55-37(33-67-45)51(63)71-42/h9-14,17-20,23,28-30,32-35,38-43H,15-16,21-22,24-27,31H2,1-8H3,(H,56,57)(H,58,59)/b17-9+,18-10+,19-13-,20-14-,23-11-,29-28+,30-12+/t34-,35-,38?,39?,40-,41-,42-,43-/m0/s1. The highest BCUT2D eigenvalue weighted by Gasteiger charge is 2.43. The summed E-state index contributed by atoms with van der Waals surface area (Å²) in [5, 5.41) is 18.1. The first kappa shape index (κ1) is 57.7. The number of nitrogens with zero attached hydrogens (tertiary/aromatic N) is 2. The predicted molar refractivity (Wildman–Crippen MR) is 260 cm³/mol. The van der Waals surface area contributed by atoms with Crippen molar-refractivity contribution in [3.05, 3.63) is 115 Å². The summed E-state index contributed by atoms with van der Waals surface area (Å²) >= 11 is 0. The second kappa shape index (κ2) is 28.2. The second-order valence-electron chi connectivity index (χ2n) is 18.3. The first-order chi connectivity index (χ1) is 34.3. The molecule has 8 atom stereocenters. The second-order valence-corrected chi connectivity index (χ2v) is 18.3. The van der Waals surface area contributed by atoms with Crippen LogP contribution in [0, 0.1) is 10.8 Å². The molecule has 2 aliphatic heterocycles. The molecule has 2 aromatic rings. The van der Waals surface area contributed by atoms with Gasteiger partial charge in [-0.25, -0.2) is 19.6 Å². The van der Waals surface area contributed by atoms with Gasteiger partial charge in [0, 0.05) is 62.5 Å². The minimum atomic E-state index is -1.03. The molecule has 0 aromatic carbocycles. The van der Waals surface area contributed by atoms with Crippen molar-refractivity contribution in [3.63, 3.8) is 0 Å². The molecular weight excluding hydrogens is 937 g/mol. The summed E-state index contributed by atoms with van der Waals surface area (Å²) in [6, 6.07) is 0. The maximum absolute atomic E-state index is 13.8. The number of methoxy groups -OCH3 is 1. The molecular formula is C53H68N2O17. The Balaban J connectivity index is 1.61. The van der Waals surface area contributed by atoms with Gasteiger partial charge >= 0.3 is 35.8 Å². The molecule has 0 aliphatic carbocycles. The Morgan fingerprint density at radius 3 is 1.81 bits per heavy atom. The molecule has 0 radical (unpaired) electrons. The third-order valence-corrected chi connectivity index (χ3v) is 11.8. The van der Waals surface area contributed by atoms with E-state index in [4.69, 9.17) is 52.2 Å². The Morgan fingerprint density at radius 2 is 1.26 bits per heavy atom. The number of ether oxygens (including phenoxy) is 7. The molecule has 0 amide bonds. The number of carboxylic acid groups (broad SMARTS) is 2.